The number of fused-ring (bicyclic) bond motifs is 1. The standard InChI is InChI=1S/C23H21N5O3S2/c24-20-19-16(13-5-2-1-3-6-13)9-17(14-10-25-23(26-11-14)27-12-18(29)30)28-21(19)32-22(20)33(31)15-7-4-8-15/h1-3,5-6,9-11,15H,4,7-8,12,24H2,(H,29,30)(H,25,26,27). The van der Waals surface area contributed by atoms with Gasteiger partial charge in [0.2, 0.25) is 5.95 Å². The largest absolute Gasteiger partial charge is 0.480 e. The van der Waals surface area contributed by atoms with Gasteiger partial charge in [0.25, 0.3) is 0 Å². The molecule has 4 N–H and O–H groups in total. The highest BCUT2D eigenvalue weighted by atomic mass is 32.2. The van der Waals surface area contributed by atoms with E-state index in [1.165, 1.54) is 11.3 Å². The Kier molecular flexibility index (Phi) is 5.77. The molecule has 1 aromatic carbocycles. The molecule has 0 bridgehead atoms. The van der Waals surface area contributed by atoms with Crippen LogP contribution >= 0.6 is 11.3 Å². The number of aromatic nitrogens is 3. The third kappa shape index (κ3) is 4.19. The number of carbonyl (C=O) groups is 1. The van der Waals surface area contributed by atoms with Gasteiger partial charge in [-0.2, -0.15) is 0 Å². The molecule has 8 nitrogen and oxygen atoms in total. The first-order valence-corrected chi connectivity index (χ1v) is 12.5. The molecule has 1 aliphatic rings. The zero-order valence-corrected chi connectivity index (χ0v) is 19.2. The van der Waals surface area contributed by atoms with Crippen molar-refractivity contribution in [1.29, 1.82) is 0 Å². The Morgan fingerprint density at radius 1 is 1.18 bits per heavy atom. The van der Waals surface area contributed by atoms with E-state index < -0.39 is 16.8 Å². The van der Waals surface area contributed by atoms with Gasteiger partial charge in [-0.05, 0) is 30.0 Å². The van der Waals surface area contributed by atoms with Crippen molar-refractivity contribution in [2.24, 2.45) is 0 Å². The molecule has 0 amide bonds. The van der Waals surface area contributed by atoms with E-state index in [1.54, 1.807) is 12.4 Å². The lowest BCUT2D eigenvalue weighted by Crippen LogP contribution is -2.23. The first-order valence-electron chi connectivity index (χ1n) is 10.5. The highest BCUT2D eigenvalue weighted by Crippen LogP contribution is 2.44. The van der Waals surface area contributed by atoms with Crippen molar-refractivity contribution in [3.8, 4) is 22.4 Å². The number of carboxylic acid groups (broad SMARTS) is 1. The van der Waals surface area contributed by atoms with Gasteiger partial charge >= 0.3 is 5.97 Å². The number of pyridine rings is 1. The van der Waals surface area contributed by atoms with Crippen LogP contribution in [0.4, 0.5) is 11.6 Å². The highest BCUT2D eigenvalue weighted by molar-refractivity contribution is 7.88. The minimum Gasteiger partial charge on any atom is -0.480 e. The van der Waals surface area contributed by atoms with Gasteiger partial charge in [0.05, 0.1) is 22.2 Å². The predicted molar refractivity (Wildman–Crippen MR) is 131 cm³/mol. The maximum absolute atomic E-state index is 13.1. The van der Waals surface area contributed by atoms with Crippen molar-refractivity contribution in [3.05, 3.63) is 48.8 Å². The maximum atomic E-state index is 13.1. The quantitative estimate of drug-likeness (QED) is 0.360. The molecule has 1 saturated carbocycles. The molecule has 10 heteroatoms. The summed E-state index contributed by atoms with van der Waals surface area (Å²) in [6, 6.07) is 11.8. The monoisotopic (exact) mass is 479 g/mol. The van der Waals surface area contributed by atoms with Crippen LogP contribution in [0.3, 0.4) is 0 Å². The summed E-state index contributed by atoms with van der Waals surface area (Å²) in [7, 11) is -1.14. The number of nitrogens with one attached hydrogen (secondary N) is 1. The number of nitrogen functional groups attached to an aromatic ring is 1. The highest BCUT2D eigenvalue weighted by Gasteiger charge is 2.29. The number of aliphatic carboxylic acids is 1. The van der Waals surface area contributed by atoms with E-state index in [9.17, 15) is 9.00 Å². The molecule has 0 aliphatic heterocycles. The zero-order valence-electron chi connectivity index (χ0n) is 17.5. The average molecular weight is 480 g/mol. The predicted octanol–water partition coefficient (Wildman–Crippen LogP) is 4.16. The summed E-state index contributed by atoms with van der Waals surface area (Å²) in [5.74, 6) is -0.767. The number of carboxylic acids is 1. The van der Waals surface area contributed by atoms with E-state index in [0.29, 0.717) is 21.2 Å². The number of nitrogens with zero attached hydrogens (tertiary/aromatic N) is 3. The van der Waals surface area contributed by atoms with Crippen molar-refractivity contribution in [3.63, 3.8) is 0 Å². The van der Waals surface area contributed by atoms with Crippen LogP contribution in [-0.4, -0.2) is 42.0 Å². The molecule has 3 heterocycles. The van der Waals surface area contributed by atoms with Gasteiger partial charge in [-0.15, -0.1) is 11.3 Å². The average Bonchev–Trinajstić information content (AvgIpc) is 3.13. The summed E-state index contributed by atoms with van der Waals surface area (Å²) >= 11 is 1.39. The lowest BCUT2D eigenvalue weighted by Gasteiger charge is -2.23. The second-order valence-electron chi connectivity index (χ2n) is 7.80. The molecule has 0 radical (unpaired) electrons. The fraction of sp³-hybridized carbons (Fsp3) is 0.217. The zero-order chi connectivity index (χ0) is 22.9. The van der Waals surface area contributed by atoms with Crippen LogP contribution < -0.4 is 11.1 Å². The molecule has 5 rings (SSSR count). The molecule has 33 heavy (non-hydrogen) atoms. The molecule has 4 aromatic rings. The van der Waals surface area contributed by atoms with E-state index in [-0.39, 0.29) is 17.7 Å². The molecule has 3 aromatic heterocycles. The van der Waals surface area contributed by atoms with Crippen molar-refractivity contribution >= 4 is 50.0 Å². The topological polar surface area (TPSA) is 131 Å². The number of hydrogen-bond acceptors (Lipinski definition) is 8. The lowest BCUT2D eigenvalue weighted by atomic mass is 10.00. The maximum Gasteiger partial charge on any atom is 0.322 e. The molecular weight excluding hydrogens is 458 g/mol. The SMILES string of the molecule is Nc1c(S(=O)C2CCC2)sc2nc(-c3cnc(NCC(=O)O)nc3)cc(-c3ccccc3)c12. The number of nitrogens with two attached hydrogens (primary N) is 1. The third-order valence-corrected chi connectivity index (χ3v) is 8.93. The molecule has 1 atom stereocenters. The summed E-state index contributed by atoms with van der Waals surface area (Å²) in [6.07, 6.45) is 6.24. The minimum atomic E-state index is -1.14. The number of hydrogen-bond donors (Lipinski definition) is 3. The summed E-state index contributed by atoms with van der Waals surface area (Å²) < 4.78 is 13.8. The summed E-state index contributed by atoms with van der Waals surface area (Å²) in [5.41, 5.74) is 10.3. The Balaban J connectivity index is 1.61. The van der Waals surface area contributed by atoms with Crippen LogP contribution in [0.25, 0.3) is 32.6 Å². The first-order chi connectivity index (χ1) is 16.0. The molecule has 1 fully saturated rings. The molecular formula is C23H21N5O3S2. The van der Waals surface area contributed by atoms with Gasteiger partial charge in [0.1, 0.15) is 15.6 Å². The number of rotatable bonds is 7. The Hall–Kier alpha value is -3.37. The Morgan fingerprint density at radius 3 is 2.55 bits per heavy atom. The normalized spacial score (nSPS) is 14.7. The van der Waals surface area contributed by atoms with Gasteiger partial charge in [-0.1, -0.05) is 36.8 Å². The number of anilines is 2. The van der Waals surface area contributed by atoms with E-state index in [4.69, 9.17) is 15.8 Å². The molecule has 0 saturated heterocycles. The van der Waals surface area contributed by atoms with Gasteiger partial charge in [0, 0.05) is 28.6 Å². The first kappa shape index (κ1) is 21.5. The van der Waals surface area contributed by atoms with Crippen LogP contribution in [0.5, 0.6) is 0 Å². The van der Waals surface area contributed by atoms with Crippen molar-refractivity contribution in [2.45, 2.75) is 28.7 Å². The van der Waals surface area contributed by atoms with E-state index in [2.05, 4.69) is 15.3 Å². The number of thiophene rings is 1. The molecule has 1 aliphatic carbocycles. The van der Waals surface area contributed by atoms with Gasteiger partial charge in [-0.3, -0.25) is 9.00 Å². The summed E-state index contributed by atoms with van der Waals surface area (Å²) in [6.45, 7) is -0.267. The molecule has 168 valence electrons. The summed E-state index contributed by atoms with van der Waals surface area (Å²) in [5, 5.41) is 12.4. The fourth-order valence-electron chi connectivity index (χ4n) is 3.69. The van der Waals surface area contributed by atoms with Crippen molar-refractivity contribution in [2.75, 3.05) is 17.6 Å². The van der Waals surface area contributed by atoms with Crippen LogP contribution in [0.1, 0.15) is 19.3 Å². The van der Waals surface area contributed by atoms with Crippen LogP contribution in [-0.2, 0) is 15.6 Å². The van der Waals surface area contributed by atoms with Gasteiger partial charge in [-0.25, -0.2) is 15.0 Å². The van der Waals surface area contributed by atoms with Crippen LogP contribution in [0.2, 0.25) is 0 Å². The second kappa shape index (κ2) is 8.87. The third-order valence-electron chi connectivity index (χ3n) is 5.63. The van der Waals surface area contributed by atoms with Gasteiger partial charge < -0.3 is 16.2 Å². The van der Waals surface area contributed by atoms with Crippen LogP contribution in [0, 0.1) is 0 Å². The van der Waals surface area contributed by atoms with Crippen molar-refractivity contribution < 1.29 is 14.1 Å². The van der Waals surface area contributed by atoms with E-state index >= 15 is 0 Å². The Morgan fingerprint density at radius 2 is 1.91 bits per heavy atom. The van der Waals surface area contributed by atoms with Crippen LogP contribution in [0.15, 0.2) is 53.0 Å². The molecule has 0 spiro atoms. The van der Waals surface area contributed by atoms with E-state index in [1.807, 2.05) is 36.4 Å². The van der Waals surface area contributed by atoms with Gasteiger partial charge in [0.15, 0.2) is 0 Å². The number of benzene rings is 1. The fourth-order valence-corrected chi connectivity index (χ4v) is 6.90. The van der Waals surface area contributed by atoms with Crippen molar-refractivity contribution in [1.82, 2.24) is 15.0 Å². The summed E-state index contributed by atoms with van der Waals surface area (Å²) in [4.78, 5) is 24.7. The minimum absolute atomic E-state index is 0.166. The second-order valence-corrected chi connectivity index (χ2v) is 10.7. The Labute approximate surface area is 196 Å². The smallest absolute Gasteiger partial charge is 0.322 e. The molecule has 1 unspecified atom stereocenters. The lowest BCUT2D eigenvalue weighted by molar-refractivity contribution is -0.134. The Bertz CT molecular complexity index is 1350. The van der Waals surface area contributed by atoms with E-state index in [0.717, 1.165) is 40.6 Å².